The standard InChI is InChI=1S/C20H22N3.ClHO4/c1-4-10-17(11-5-1)20-16-22(18-12-6-2-7-13-18)23(21-20)19-14-8-3-9-15-19;2-1(3,4)5/h1,3-5,8-11,14-16,18H,2,6-7,12-13H2;(H,2,3,4,5)/q+1;/p-1. The number of benzene rings is 2. The average molecular weight is 404 g/mol. The van der Waals surface area contributed by atoms with Crippen molar-refractivity contribution in [1.29, 1.82) is 0 Å². The Kier molecular flexibility index (Phi) is 6.77. The fourth-order valence-corrected chi connectivity index (χ4v) is 3.46. The van der Waals surface area contributed by atoms with Crippen molar-refractivity contribution >= 4 is 0 Å². The summed E-state index contributed by atoms with van der Waals surface area (Å²) < 4.78 is 36.3. The molecule has 2 aromatic carbocycles. The van der Waals surface area contributed by atoms with Crippen LogP contribution in [-0.2, 0) is 0 Å². The monoisotopic (exact) mass is 403 g/mol. The number of para-hydroxylation sites is 1. The topological polar surface area (TPSA) is 114 Å². The summed E-state index contributed by atoms with van der Waals surface area (Å²) >= 11 is 0. The fraction of sp³-hybridized carbons (Fsp3) is 0.300. The number of hydrogen-bond acceptors (Lipinski definition) is 5. The van der Waals surface area contributed by atoms with Crippen molar-refractivity contribution in [3.05, 3.63) is 66.9 Å². The molecule has 0 spiro atoms. The van der Waals surface area contributed by atoms with Crippen molar-refractivity contribution in [2.24, 2.45) is 0 Å². The molecule has 1 heterocycles. The maximum Gasteiger partial charge on any atom is 0.249 e. The van der Waals surface area contributed by atoms with E-state index in [1.807, 2.05) is 6.07 Å². The lowest BCUT2D eigenvalue weighted by Gasteiger charge is -2.19. The zero-order valence-electron chi connectivity index (χ0n) is 15.3. The zero-order valence-corrected chi connectivity index (χ0v) is 16.1. The molecule has 0 bridgehead atoms. The normalized spacial score (nSPS) is 15.0. The highest BCUT2D eigenvalue weighted by Gasteiger charge is 2.27. The fourth-order valence-electron chi connectivity index (χ4n) is 3.46. The SMILES string of the molecule is [O-][Cl+3]([O-])([O-])[O-].c1ccc(-c2c[n+](C3CCCCC3)n(-c3ccccc3)n2)cc1. The first kappa shape index (κ1) is 20.4. The molecule has 0 atom stereocenters. The number of hydrogen-bond donors (Lipinski definition) is 0. The second-order valence-electron chi connectivity index (χ2n) is 6.66. The predicted octanol–water partition coefficient (Wildman–Crippen LogP) is -0.424. The Labute approximate surface area is 165 Å². The predicted molar refractivity (Wildman–Crippen MR) is 91.3 cm³/mol. The maximum atomic E-state index is 8.49. The van der Waals surface area contributed by atoms with Crippen LogP contribution in [0.2, 0.25) is 0 Å². The third-order valence-electron chi connectivity index (χ3n) is 4.68. The van der Waals surface area contributed by atoms with Crippen molar-refractivity contribution in [1.82, 2.24) is 9.90 Å². The minimum absolute atomic E-state index is 0.550. The number of nitrogens with zero attached hydrogens (tertiary/aromatic N) is 3. The Morgan fingerprint density at radius 3 is 1.93 bits per heavy atom. The van der Waals surface area contributed by atoms with Crippen molar-refractivity contribution in [3.8, 4) is 16.9 Å². The molecule has 8 heteroatoms. The molecule has 0 radical (unpaired) electrons. The lowest BCUT2D eigenvalue weighted by Crippen LogP contribution is -2.68. The van der Waals surface area contributed by atoms with Gasteiger partial charge in [-0.15, -0.1) is 10.2 Å². The zero-order chi connectivity index (χ0) is 20.0. The molecule has 1 saturated carbocycles. The van der Waals surface area contributed by atoms with E-state index >= 15 is 0 Å². The van der Waals surface area contributed by atoms with Gasteiger partial charge in [-0.1, -0.05) is 55.0 Å². The second kappa shape index (κ2) is 9.27. The molecule has 1 aliphatic rings. The van der Waals surface area contributed by atoms with Crippen molar-refractivity contribution in [2.75, 3.05) is 0 Å². The van der Waals surface area contributed by atoms with Crippen molar-refractivity contribution < 1.29 is 33.6 Å². The molecule has 1 aromatic heterocycles. The summed E-state index contributed by atoms with van der Waals surface area (Å²) in [5, 5.41) is 4.91. The van der Waals surface area contributed by atoms with Crippen LogP contribution < -0.4 is 23.3 Å². The molecular weight excluding hydrogens is 382 g/mol. The van der Waals surface area contributed by atoms with E-state index in [1.54, 1.807) is 0 Å². The molecule has 3 aromatic rings. The number of halogens is 1. The van der Waals surface area contributed by atoms with E-state index in [-0.39, 0.29) is 0 Å². The maximum absolute atomic E-state index is 8.49. The first-order valence-corrected chi connectivity index (χ1v) is 10.4. The molecule has 0 amide bonds. The van der Waals surface area contributed by atoms with Gasteiger partial charge in [0.15, 0.2) is 6.20 Å². The average Bonchev–Trinajstić information content (AvgIpc) is 3.14. The van der Waals surface area contributed by atoms with Crippen LogP contribution in [0.15, 0.2) is 66.9 Å². The van der Waals surface area contributed by atoms with Gasteiger partial charge in [-0.3, -0.25) is 0 Å². The molecule has 4 rings (SSSR count). The summed E-state index contributed by atoms with van der Waals surface area (Å²) in [4.78, 5) is 2.08. The van der Waals surface area contributed by atoms with Crippen LogP contribution in [0.5, 0.6) is 0 Å². The largest absolute Gasteiger partial charge is 0.249 e. The molecule has 0 unspecified atom stereocenters. The highest BCUT2D eigenvalue weighted by Crippen LogP contribution is 2.25. The van der Waals surface area contributed by atoms with Crippen LogP contribution in [0.3, 0.4) is 0 Å². The second-order valence-corrected chi connectivity index (χ2v) is 7.41. The lowest BCUT2D eigenvalue weighted by molar-refractivity contribution is -2.00. The summed E-state index contributed by atoms with van der Waals surface area (Å²) in [6.45, 7) is 0. The third-order valence-corrected chi connectivity index (χ3v) is 4.68. The van der Waals surface area contributed by atoms with E-state index in [0.29, 0.717) is 6.04 Å². The lowest BCUT2D eigenvalue weighted by atomic mass is 9.96. The summed E-state index contributed by atoms with van der Waals surface area (Å²) in [5.74, 6) is 0. The van der Waals surface area contributed by atoms with Gasteiger partial charge in [0.2, 0.25) is 5.69 Å². The van der Waals surface area contributed by atoms with Gasteiger partial charge in [-0.2, -0.15) is 4.68 Å². The highest BCUT2D eigenvalue weighted by atomic mass is 35.7. The van der Waals surface area contributed by atoms with Crippen LogP contribution in [0, 0.1) is 10.2 Å². The smallest absolute Gasteiger partial charge is 0.222 e. The van der Waals surface area contributed by atoms with Crippen LogP contribution in [-0.4, -0.2) is 9.90 Å². The van der Waals surface area contributed by atoms with Crippen LogP contribution >= 0.6 is 0 Å². The van der Waals surface area contributed by atoms with Crippen molar-refractivity contribution in [3.63, 3.8) is 0 Å². The quantitative estimate of drug-likeness (QED) is 0.551. The van der Waals surface area contributed by atoms with Gasteiger partial charge < -0.3 is 0 Å². The minimum Gasteiger partial charge on any atom is -0.222 e. The summed E-state index contributed by atoms with van der Waals surface area (Å²) in [5.41, 5.74) is 3.34. The number of rotatable bonds is 3. The van der Waals surface area contributed by atoms with Crippen molar-refractivity contribution in [2.45, 2.75) is 38.1 Å². The van der Waals surface area contributed by atoms with Gasteiger partial charge in [-0.25, -0.2) is 18.6 Å². The molecule has 1 fully saturated rings. The first-order chi connectivity index (χ1) is 13.4. The van der Waals surface area contributed by atoms with E-state index < -0.39 is 10.2 Å². The molecule has 0 N–H and O–H groups in total. The van der Waals surface area contributed by atoms with Gasteiger partial charge in [0.25, 0.3) is 0 Å². The molecule has 1 aliphatic carbocycles. The molecule has 28 heavy (non-hydrogen) atoms. The van der Waals surface area contributed by atoms with Crippen LogP contribution in [0.4, 0.5) is 0 Å². The Balaban J connectivity index is 0.000000403. The van der Waals surface area contributed by atoms with E-state index in [4.69, 9.17) is 23.7 Å². The van der Waals surface area contributed by atoms with E-state index in [9.17, 15) is 0 Å². The molecule has 0 aliphatic heterocycles. The third kappa shape index (κ3) is 5.85. The molecular formula is C20H22ClN3O4. The molecule has 0 saturated heterocycles. The molecule has 7 nitrogen and oxygen atoms in total. The van der Waals surface area contributed by atoms with Gasteiger partial charge >= 0.3 is 0 Å². The van der Waals surface area contributed by atoms with Crippen LogP contribution in [0.25, 0.3) is 16.9 Å². The Morgan fingerprint density at radius 1 is 0.821 bits per heavy atom. The first-order valence-electron chi connectivity index (χ1n) is 9.16. The summed E-state index contributed by atoms with van der Waals surface area (Å²) in [6, 6.07) is 21.4. The van der Waals surface area contributed by atoms with E-state index in [0.717, 1.165) is 11.4 Å². The summed E-state index contributed by atoms with van der Waals surface area (Å²) in [6.07, 6.45) is 8.71. The molecule has 148 valence electrons. The Hall–Kier alpha value is -2.29. The Morgan fingerprint density at radius 2 is 1.36 bits per heavy atom. The van der Waals surface area contributed by atoms with E-state index in [2.05, 4.69) is 70.3 Å². The summed E-state index contributed by atoms with van der Waals surface area (Å²) in [7, 11) is -4.94. The Bertz CT molecular complexity index is 854. The van der Waals surface area contributed by atoms with Crippen LogP contribution in [0.1, 0.15) is 38.1 Å². The van der Waals surface area contributed by atoms with Gasteiger partial charge in [0, 0.05) is 5.56 Å². The van der Waals surface area contributed by atoms with E-state index in [1.165, 1.54) is 37.7 Å². The van der Waals surface area contributed by atoms with Gasteiger partial charge in [-0.05, 0) is 42.6 Å². The van der Waals surface area contributed by atoms with Gasteiger partial charge in [0.1, 0.15) is 11.7 Å². The van der Waals surface area contributed by atoms with Gasteiger partial charge in [0.05, 0.1) is 5.10 Å². The number of aromatic nitrogens is 3. The highest BCUT2D eigenvalue weighted by molar-refractivity contribution is 5.56. The minimum atomic E-state index is -4.94.